The highest BCUT2D eigenvalue weighted by Crippen LogP contribution is 2.19. The molecule has 6 nitrogen and oxygen atoms in total. The predicted molar refractivity (Wildman–Crippen MR) is 83.5 cm³/mol. The summed E-state index contributed by atoms with van der Waals surface area (Å²) in [5.41, 5.74) is 0.676. The number of nitrogens with zero attached hydrogens (tertiary/aromatic N) is 2. The first-order valence-electron chi connectivity index (χ1n) is 7.07. The standard InChI is InChI=1S/C15H20N2O4S/c1-2-3-10-17(12-15(18)19)13-5-7-14(8-6-13)22(20,21)11-4-9-16/h5-8H,2-4,10-12H2,1H3,(H,18,19). The monoisotopic (exact) mass is 324 g/mol. The molecule has 0 saturated heterocycles. The van der Waals surface area contributed by atoms with Crippen LogP contribution in [-0.2, 0) is 14.6 Å². The lowest BCUT2D eigenvalue weighted by molar-refractivity contribution is -0.135. The van der Waals surface area contributed by atoms with Crippen molar-refractivity contribution in [1.29, 1.82) is 5.26 Å². The lowest BCUT2D eigenvalue weighted by atomic mass is 10.2. The lowest BCUT2D eigenvalue weighted by Gasteiger charge is -2.22. The molecule has 0 radical (unpaired) electrons. The number of unbranched alkanes of at least 4 members (excludes halogenated alkanes) is 1. The van der Waals surface area contributed by atoms with E-state index in [0.717, 1.165) is 12.8 Å². The normalized spacial score (nSPS) is 10.9. The molecule has 1 aromatic carbocycles. The molecule has 0 aliphatic heterocycles. The summed E-state index contributed by atoms with van der Waals surface area (Å²) in [7, 11) is -3.46. The van der Waals surface area contributed by atoms with Gasteiger partial charge in [0.15, 0.2) is 9.84 Å². The molecule has 0 aromatic heterocycles. The second-order valence-corrected chi connectivity index (χ2v) is 7.00. The summed E-state index contributed by atoms with van der Waals surface area (Å²) in [5, 5.41) is 17.4. The van der Waals surface area contributed by atoms with Crippen LogP contribution in [-0.4, -0.2) is 38.3 Å². The van der Waals surface area contributed by atoms with Gasteiger partial charge in [-0.3, -0.25) is 4.79 Å². The zero-order valence-corrected chi connectivity index (χ0v) is 13.3. The third-order valence-corrected chi connectivity index (χ3v) is 4.88. The van der Waals surface area contributed by atoms with Crippen LogP contribution < -0.4 is 4.90 Å². The lowest BCUT2D eigenvalue weighted by Crippen LogP contribution is -2.30. The molecule has 0 saturated carbocycles. The molecule has 0 amide bonds. The van der Waals surface area contributed by atoms with E-state index in [9.17, 15) is 13.2 Å². The molecule has 120 valence electrons. The van der Waals surface area contributed by atoms with Gasteiger partial charge in [-0.15, -0.1) is 0 Å². The molecule has 1 aromatic rings. The van der Waals surface area contributed by atoms with E-state index in [-0.39, 0.29) is 23.6 Å². The molecule has 0 aliphatic rings. The number of rotatable bonds is 9. The first-order valence-corrected chi connectivity index (χ1v) is 8.72. The van der Waals surface area contributed by atoms with Gasteiger partial charge >= 0.3 is 5.97 Å². The number of carboxylic acids is 1. The summed E-state index contributed by atoms with van der Waals surface area (Å²) in [6.45, 7) is 2.49. The fourth-order valence-electron chi connectivity index (χ4n) is 1.97. The molecule has 0 aliphatic carbocycles. The Labute approximate surface area is 130 Å². The number of hydrogen-bond donors (Lipinski definition) is 1. The zero-order valence-electron chi connectivity index (χ0n) is 12.5. The summed E-state index contributed by atoms with van der Waals surface area (Å²) in [5.74, 6) is -1.14. The van der Waals surface area contributed by atoms with Gasteiger partial charge in [0.2, 0.25) is 0 Å². The summed E-state index contributed by atoms with van der Waals surface area (Å²) in [4.78, 5) is 12.8. The van der Waals surface area contributed by atoms with Crippen LogP contribution in [0.4, 0.5) is 5.69 Å². The average molecular weight is 324 g/mol. The number of aliphatic carboxylic acids is 1. The molecular formula is C15H20N2O4S. The maximum absolute atomic E-state index is 12.0. The van der Waals surface area contributed by atoms with E-state index in [1.165, 1.54) is 12.1 Å². The molecule has 0 spiro atoms. The van der Waals surface area contributed by atoms with Gasteiger partial charge in [-0.1, -0.05) is 13.3 Å². The van der Waals surface area contributed by atoms with Gasteiger partial charge in [-0.2, -0.15) is 5.26 Å². The van der Waals surface area contributed by atoms with E-state index < -0.39 is 15.8 Å². The van der Waals surface area contributed by atoms with Gasteiger partial charge in [0.25, 0.3) is 0 Å². The van der Waals surface area contributed by atoms with Crippen molar-refractivity contribution >= 4 is 21.5 Å². The van der Waals surface area contributed by atoms with Crippen molar-refractivity contribution in [2.45, 2.75) is 31.1 Å². The Morgan fingerprint density at radius 2 is 1.95 bits per heavy atom. The van der Waals surface area contributed by atoms with Crippen molar-refractivity contribution in [3.63, 3.8) is 0 Å². The number of carbonyl (C=O) groups is 1. The Bertz CT molecular complexity index is 633. The number of sulfone groups is 1. The molecule has 22 heavy (non-hydrogen) atoms. The molecule has 0 unspecified atom stereocenters. The highest BCUT2D eigenvalue weighted by molar-refractivity contribution is 7.91. The topological polar surface area (TPSA) is 98.5 Å². The largest absolute Gasteiger partial charge is 0.480 e. The van der Waals surface area contributed by atoms with Gasteiger partial charge in [0, 0.05) is 18.7 Å². The zero-order chi connectivity index (χ0) is 16.6. The van der Waals surface area contributed by atoms with Crippen LogP contribution in [0.15, 0.2) is 29.2 Å². The van der Waals surface area contributed by atoms with E-state index in [0.29, 0.717) is 12.2 Å². The first kappa shape index (κ1) is 18.0. The van der Waals surface area contributed by atoms with E-state index in [1.54, 1.807) is 17.0 Å². The molecule has 0 heterocycles. The number of benzene rings is 1. The van der Waals surface area contributed by atoms with Crippen molar-refractivity contribution < 1.29 is 18.3 Å². The third-order valence-electron chi connectivity index (χ3n) is 3.15. The quantitative estimate of drug-likeness (QED) is 0.746. The van der Waals surface area contributed by atoms with Crippen LogP contribution in [0, 0.1) is 11.3 Å². The smallest absolute Gasteiger partial charge is 0.323 e. The minimum atomic E-state index is -3.46. The van der Waals surface area contributed by atoms with Crippen LogP contribution >= 0.6 is 0 Å². The van der Waals surface area contributed by atoms with Gasteiger partial charge in [-0.25, -0.2) is 8.42 Å². The molecule has 1 N–H and O–H groups in total. The minimum Gasteiger partial charge on any atom is -0.480 e. The number of carboxylic acid groups (broad SMARTS) is 1. The SMILES string of the molecule is CCCCN(CC(=O)O)c1ccc(S(=O)(=O)CCC#N)cc1. The Morgan fingerprint density at radius 3 is 2.45 bits per heavy atom. The van der Waals surface area contributed by atoms with Crippen molar-refractivity contribution in [3.05, 3.63) is 24.3 Å². The van der Waals surface area contributed by atoms with Crippen molar-refractivity contribution in [2.75, 3.05) is 23.7 Å². The second kappa shape index (κ2) is 8.39. The first-order chi connectivity index (χ1) is 10.4. The van der Waals surface area contributed by atoms with Crippen LogP contribution in [0.3, 0.4) is 0 Å². The molecule has 0 bridgehead atoms. The average Bonchev–Trinajstić information content (AvgIpc) is 2.49. The van der Waals surface area contributed by atoms with E-state index in [4.69, 9.17) is 10.4 Å². The molecule has 0 fully saturated rings. The van der Waals surface area contributed by atoms with Crippen LogP contribution in [0.2, 0.25) is 0 Å². The second-order valence-electron chi connectivity index (χ2n) is 4.89. The molecular weight excluding hydrogens is 304 g/mol. The Balaban J connectivity index is 2.93. The van der Waals surface area contributed by atoms with Crippen LogP contribution in [0.5, 0.6) is 0 Å². The van der Waals surface area contributed by atoms with Gasteiger partial charge in [0.05, 0.1) is 16.7 Å². The van der Waals surface area contributed by atoms with Gasteiger partial charge in [0.1, 0.15) is 6.54 Å². The number of nitriles is 1. The van der Waals surface area contributed by atoms with Crippen molar-refractivity contribution in [1.82, 2.24) is 0 Å². The maximum atomic E-state index is 12.0. The van der Waals surface area contributed by atoms with Crippen LogP contribution in [0.1, 0.15) is 26.2 Å². The highest BCUT2D eigenvalue weighted by atomic mass is 32.2. The summed E-state index contributed by atoms with van der Waals surface area (Å²) in [6.07, 6.45) is 1.75. The van der Waals surface area contributed by atoms with E-state index >= 15 is 0 Å². The summed E-state index contributed by atoms with van der Waals surface area (Å²) < 4.78 is 23.9. The third kappa shape index (κ3) is 5.37. The fourth-order valence-corrected chi connectivity index (χ4v) is 3.12. The van der Waals surface area contributed by atoms with Crippen molar-refractivity contribution in [3.8, 4) is 6.07 Å². The predicted octanol–water partition coefficient (Wildman–Crippen LogP) is 2.07. The van der Waals surface area contributed by atoms with Crippen LogP contribution in [0.25, 0.3) is 0 Å². The summed E-state index contributed by atoms with van der Waals surface area (Å²) in [6, 6.07) is 7.96. The van der Waals surface area contributed by atoms with E-state index in [2.05, 4.69) is 0 Å². The highest BCUT2D eigenvalue weighted by Gasteiger charge is 2.15. The molecule has 1 rings (SSSR count). The van der Waals surface area contributed by atoms with Gasteiger partial charge in [-0.05, 0) is 30.7 Å². The number of anilines is 1. The Hall–Kier alpha value is -2.07. The van der Waals surface area contributed by atoms with Crippen molar-refractivity contribution in [2.24, 2.45) is 0 Å². The maximum Gasteiger partial charge on any atom is 0.323 e. The fraction of sp³-hybridized carbons (Fsp3) is 0.467. The Morgan fingerprint density at radius 1 is 1.32 bits per heavy atom. The van der Waals surface area contributed by atoms with E-state index in [1.807, 2.05) is 13.0 Å². The number of hydrogen-bond acceptors (Lipinski definition) is 5. The molecule has 7 heteroatoms. The molecule has 0 atom stereocenters. The summed E-state index contributed by atoms with van der Waals surface area (Å²) >= 11 is 0. The minimum absolute atomic E-state index is 0.0499. The Kier molecular flexibility index (Phi) is 6.86. The van der Waals surface area contributed by atoms with Gasteiger partial charge < -0.3 is 10.0 Å².